The quantitative estimate of drug-likeness (QED) is 0.751. The topological polar surface area (TPSA) is 12.0 Å². The number of benzene rings is 1. The first-order valence-electron chi connectivity index (χ1n) is 3.53. The molecular formula is C8H5ClF3NS. The Morgan fingerprint density at radius 1 is 1.36 bits per heavy atom. The number of thiocarbonyl (C=S) groups is 1. The largest absolute Gasteiger partial charge is 0.441 e. The monoisotopic (exact) mass is 239 g/mol. The van der Waals surface area contributed by atoms with Crippen LogP contribution in [-0.4, -0.2) is 11.2 Å². The Morgan fingerprint density at radius 2 is 2.00 bits per heavy atom. The smallest absolute Gasteiger partial charge is 0.342 e. The van der Waals surface area contributed by atoms with Crippen molar-refractivity contribution in [3.63, 3.8) is 0 Å². The fourth-order valence-corrected chi connectivity index (χ4v) is 1.08. The maximum atomic E-state index is 12.0. The van der Waals surface area contributed by atoms with Gasteiger partial charge in [0.25, 0.3) is 0 Å². The molecule has 1 aromatic carbocycles. The maximum absolute atomic E-state index is 12.0. The van der Waals surface area contributed by atoms with Gasteiger partial charge in [-0.05, 0) is 18.2 Å². The van der Waals surface area contributed by atoms with Crippen molar-refractivity contribution in [1.29, 1.82) is 0 Å². The second-order valence-corrected chi connectivity index (χ2v) is 3.31. The molecule has 1 nitrogen and oxygen atoms in total. The van der Waals surface area contributed by atoms with Crippen molar-refractivity contribution >= 4 is 34.5 Å². The van der Waals surface area contributed by atoms with E-state index in [-0.39, 0.29) is 5.69 Å². The number of hydrogen-bond acceptors (Lipinski definition) is 1. The summed E-state index contributed by atoms with van der Waals surface area (Å²) in [5.41, 5.74) is 0.222. The Kier molecular flexibility index (Phi) is 3.34. The summed E-state index contributed by atoms with van der Waals surface area (Å²) in [7, 11) is 0. The van der Waals surface area contributed by atoms with Gasteiger partial charge in [0.15, 0.2) is 4.99 Å². The molecule has 0 bridgehead atoms. The summed E-state index contributed by atoms with van der Waals surface area (Å²) in [4.78, 5) is -1.18. The Labute approximate surface area is 88.9 Å². The van der Waals surface area contributed by atoms with E-state index >= 15 is 0 Å². The van der Waals surface area contributed by atoms with E-state index in [4.69, 9.17) is 11.6 Å². The van der Waals surface area contributed by atoms with E-state index in [2.05, 4.69) is 12.2 Å². The summed E-state index contributed by atoms with van der Waals surface area (Å²) in [5, 5.41) is 2.39. The van der Waals surface area contributed by atoms with Crippen LogP contribution in [0.25, 0.3) is 0 Å². The molecule has 0 aliphatic heterocycles. The molecule has 0 spiro atoms. The lowest BCUT2D eigenvalue weighted by molar-refractivity contribution is -0.0562. The van der Waals surface area contributed by atoms with Gasteiger partial charge in [0.2, 0.25) is 0 Å². The van der Waals surface area contributed by atoms with Gasteiger partial charge in [0.05, 0.1) is 0 Å². The summed E-state index contributed by atoms with van der Waals surface area (Å²) in [6.45, 7) is 0. The Bertz CT molecular complexity index is 351. The molecule has 1 N–H and O–H groups in total. The molecule has 0 aliphatic rings. The molecule has 0 heterocycles. The SMILES string of the molecule is FC(F)(F)C(=S)Nc1cccc(Cl)c1. The highest BCUT2D eigenvalue weighted by molar-refractivity contribution is 7.80. The minimum atomic E-state index is -4.52. The first-order valence-corrected chi connectivity index (χ1v) is 4.32. The second kappa shape index (κ2) is 4.14. The standard InChI is InChI=1S/C8H5ClF3NS/c9-5-2-1-3-6(4-5)13-7(14)8(10,11)12/h1-4H,(H,13,14). The molecule has 0 radical (unpaired) electrons. The van der Waals surface area contributed by atoms with Gasteiger partial charge in [-0.25, -0.2) is 0 Å². The average molecular weight is 240 g/mol. The zero-order chi connectivity index (χ0) is 10.8. The number of hydrogen-bond donors (Lipinski definition) is 1. The van der Waals surface area contributed by atoms with E-state index in [1.54, 1.807) is 6.07 Å². The van der Waals surface area contributed by atoms with Gasteiger partial charge in [-0.1, -0.05) is 29.9 Å². The number of alkyl halides is 3. The summed E-state index contributed by atoms with van der Waals surface area (Å²) in [5.74, 6) is 0. The van der Waals surface area contributed by atoms with E-state index in [1.807, 2.05) is 5.32 Å². The third-order valence-corrected chi connectivity index (χ3v) is 1.91. The number of nitrogens with one attached hydrogen (secondary N) is 1. The highest BCUT2D eigenvalue weighted by Gasteiger charge is 2.34. The van der Waals surface area contributed by atoms with Gasteiger partial charge in [0.1, 0.15) is 0 Å². The molecule has 0 saturated heterocycles. The molecule has 0 saturated carbocycles. The lowest BCUT2D eigenvalue weighted by Gasteiger charge is -2.10. The summed E-state index contributed by atoms with van der Waals surface area (Å²) in [6, 6.07) is 5.90. The van der Waals surface area contributed by atoms with Crippen LogP contribution in [-0.2, 0) is 0 Å². The van der Waals surface area contributed by atoms with Crippen LogP contribution < -0.4 is 5.32 Å². The van der Waals surface area contributed by atoms with E-state index in [0.29, 0.717) is 5.02 Å². The van der Waals surface area contributed by atoms with Gasteiger partial charge in [-0.3, -0.25) is 0 Å². The van der Waals surface area contributed by atoms with Crippen LogP contribution in [0.2, 0.25) is 5.02 Å². The van der Waals surface area contributed by atoms with Crippen molar-refractivity contribution in [2.24, 2.45) is 0 Å². The molecule has 6 heteroatoms. The van der Waals surface area contributed by atoms with Gasteiger partial charge in [0, 0.05) is 10.7 Å². The fourth-order valence-electron chi connectivity index (χ4n) is 0.768. The van der Waals surface area contributed by atoms with E-state index < -0.39 is 11.2 Å². The Balaban J connectivity index is 2.75. The molecule has 76 valence electrons. The zero-order valence-corrected chi connectivity index (χ0v) is 8.30. The van der Waals surface area contributed by atoms with Crippen LogP contribution in [0, 0.1) is 0 Å². The molecule has 0 aliphatic carbocycles. The summed E-state index contributed by atoms with van der Waals surface area (Å²) < 4.78 is 36.0. The van der Waals surface area contributed by atoms with Crippen molar-refractivity contribution in [1.82, 2.24) is 0 Å². The lowest BCUT2D eigenvalue weighted by Crippen LogP contribution is -2.27. The highest BCUT2D eigenvalue weighted by atomic mass is 35.5. The normalized spacial score (nSPS) is 11.1. The average Bonchev–Trinajstić information content (AvgIpc) is 2.02. The maximum Gasteiger partial charge on any atom is 0.441 e. The molecule has 14 heavy (non-hydrogen) atoms. The van der Waals surface area contributed by atoms with Crippen LogP contribution in [0.1, 0.15) is 0 Å². The first kappa shape index (κ1) is 11.3. The third kappa shape index (κ3) is 3.16. The minimum Gasteiger partial charge on any atom is -0.342 e. The van der Waals surface area contributed by atoms with Crippen LogP contribution in [0.5, 0.6) is 0 Å². The number of anilines is 1. The number of rotatable bonds is 1. The molecule has 1 rings (SSSR count). The van der Waals surface area contributed by atoms with E-state index in [1.165, 1.54) is 18.2 Å². The van der Waals surface area contributed by atoms with Crippen LogP contribution in [0.15, 0.2) is 24.3 Å². The van der Waals surface area contributed by atoms with Crippen molar-refractivity contribution in [3.05, 3.63) is 29.3 Å². The van der Waals surface area contributed by atoms with Crippen LogP contribution in [0.3, 0.4) is 0 Å². The molecule has 0 unspecified atom stereocenters. The van der Waals surface area contributed by atoms with Crippen molar-refractivity contribution in [2.75, 3.05) is 5.32 Å². The molecule has 1 aromatic rings. The van der Waals surface area contributed by atoms with E-state index in [9.17, 15) is 13.2 Å². The molecule has 0 atom stereocenters. The van der Waals surface area contributed by atoms with Crippen LogP contribution >= 0.6 is 23.8 Å². The fraction of sp³-hybridized carbons (Fsp3) is 0.125. The third-order valence-electron chi connectivity index (χ3n) is 1.34. The summed E-state index contributed by atoms with van der Waals surface area (Å²) in [6.07, 6.45) is -4.52. The van der Waals surface area contributed by atoms with Crippen molar-refractivity contribution < 1.29 is 13.2 Å². The number of halogens is 4. The molecule has 0 amide bonds. The van der Waals surface area contributed by atoms with E-state index in [0.717, 1.165) is 0 Å². The lowest BCUT2D eigenvalue weighted by atomic mass is 10.3. The van der Waals surface area contributed by atoms with Crippen molar-refractivity contribution in [3.8, 4) is 0 Å². The van der Waals surface area contributed by atoms with Gasteiger partial charge >= 0.3 is 6.18 Å². The second-order valence-electron chi connectivity index (χ2n) is 2.46. The minimum absolute atomic E-state index is 0.222. The predicted molar refractivity (Wildman–Crippen MR) is 53.7 cm³/mol. The van der Waals surface area contributed by atoms with Gasteiger partial charge in [-0.2, -0.15) is 13.2 Å². The molecular weight excluding hydrogens is 235 g/mol. The first-order chi connectivity index (χ1) is 6.39. The zero-order valence-electron chi connectivity index (χ0n) is 6.73. The molecule has 0 aromatic heterocycles. The van der Waals surface area contributed by atoms with Crippen molar-refractivity contribution in [2.45, 2.75) is 6.18 Å². The predicted octanol–water partition coefficient (Wildman–Crippen LogP) is 3.64. The Morgan fingerprint density at radius 3 is 2.50 bits per heavy atom. The van der Waals surface area contributed by atoms with Gasteiger partial charge < -0.3 is 5.32 Å². The van der Waals surface area contributed by atoms with Gasteiger partial charge in [-0.15, -0.1) is 0 Å². The summed E-state index contributed by atoms with van der Waals surface area (Å²) >= 11 is 9.72. The van der Waals surface area contributed by atoms with Crippen LogP contribution in [0.4, 0.5) is 18.9 Å². The Hall–Kier alpha value is -0.810. The highest BCUT2D eigenvalue weighted by Crippen LogP contribution is 2.21. The molecule has 0 fully saturated rings.